The molecule has 0 saturated carbocycles. The minimum absolute atomic E-state index is 0.143. The highest BCUT2D eigenvalue weighted by atomic mass is 16.5. The summed E-state index contributed by atoms with van der Waals surface area (Å²) in [5.41, 5.74) is 2.84. The fourth-order valence-corrected chi connectivity index (χ4v) is 1.83. The maximum absolute atomic E-state index is 5.81. The van der Waals surface area contributed by atoms with Crippen LogP contribution in [0.3, 0.4) is 0 Å². The molecule has 100 valence electrons. The lowest BCUT2D eigenvalue weighted by Gasteiger charge is -2.13. The highest BCUT2D eigenvalue weighted by molar-refractivity contribution is 5.66. The maximum atomic E-state index is 5.81. The quantitative estimate of drug-likeness (QED) is 0.827. The summed E-state index contributed by atoms with van der Waals surface area (Å²) in [5, 5.41) is 8.58. The molecule has 1 aromatic carbocycles. The number of nitrogens with zero attached hydrogens (tertiary/aromatic N) is 2. The summed E-state index contributed by atoms with van der Waals surface area (Å²) in [6, 6.07) is 12.0. The zero-order valence-corrected chi connectivity index (χ0v) is 11.9. The van der Waals surface area contributed by atoms with Gasteiger partial charge in [-0.15, -0.1) is 0 Å². The van der Waals surface area contributed by atoms with Crippen molar-refractivity contribution < 1.29 is 4.74 Å². The number of ether oxygens (including phenoxy) is 1. The molecule has 0 unspecified atom stereocenters. The molecule has 3 nitrogen and oxygen atoms in total. The van der Waals surface area contributed by atoms with E-state index >= 15 is 0 Å². The molecule has 1 aromatic heterocycles. The summed E-state index contributed by atoms with van der Waals surface area (Å²) in [6.07, 6.45) is 0.143. The Labute approximate surface area is 114 Å². The molecule has 0 aliphatic carbocycles. The highest BCUT2D eigenvalue weighted by Gasteiger charge is 2.10. The molecule has 3 heteroatoms. The van der Waals surface area contributed by atoms with E-state index in [0.29, 0.717) is 5.92 Å². The van der Waals surface area contributed by atoms with Crippen molar-refractivity contribution in [2.45, 2.75) is 39.7 Å². The summed E-state index contributed by atoms with van der Waals surface area (Å²) in [6.45, 7) is 8.26. The van der Waals surface area contributed by atoms with E-state index in [4.69, 9.17) is 4.74 Å². The van der Waals surface area contributed by atoms with Gasteiger partial charge in [-0.25, -0.2) is 0 Å². The van der Waals surface area contributed by atoms with Crippen LogP contribution in [0.4, 0.5) is 0 Å². The van der Waals surface area contributed by atoms with Gasteiger partial charge in [-0.05, 0) is 44.0 Å². The van der Waals surface area contributed by atoms with Crippen LogP contribution in [0.2, 0.25) is 0 Å². The maximum Gasteiger partial charge on any atom is 0.129 e. The van der Waals surface area contributed by atoms with Gasteiger partial charge in [0.15, 0.2) is 0 Å². The summed E-state index contributed by atoms with van der Waals surface area (Å²) in [7, 11) is 0. The Bertz CT molecular complexity index is 533. The first kappa shape index (κ1) is 13.5. The monoisotopic (exact) mass is 256 g/mol. The van der Waals surface area contributed by atoms with E-state index in [1.807, 2.05) is 50.2 Å². The minimum Gasteiger partial charge on any atom is -0.490 e. The van der Waals surface area contributed by atoms with Gasteiger partial charge >= 0.3 is 0 Å². The first-order valence-corrected chi connectivity index (χ1v) is 6.67. The Morgan fingerprint density at radius 3 is 2.21 bits per heavy atom. The number of hydrogen-bond acceptors (Lipinski definition) is 3. The van der Waals surface area contributed by atoms with Crippen molar-refractivity contribution in [2.75, 3.05) is 0 Å². The summed E-state index contributed by atoms with van der Waals surface area (Å²) >= 11 is 0. The van der Waals surface area contributed by atoms with Gasteiger partial charge in [-0.3, -0.25) is 0 Å². The van der Waals surface area contributed by atoms with Crippen LogP contribution in [0, 0.1) is 0 Å². The Morgan fingerprint density at radius 1 is 0.895 bits per heavy atom. The van der Waals surface area contributed by atoms with E-state index < -0.39 is 0 Å². The van der Waals surface area contributed by atoms with Crippen molar-refractivity contribution in [3.63, 3.8) is 0 Å². The Kier molecular flexibility index (Phi) is 4.15. The molecule has 0 amide bonds. The summed E-state index contributed by atoms with van der Waals surface area (Å²) < 4.78 is 5.81. The van der Waals surface area contributed by atoms with Crippen LogP contribution in [-0.4, -0.2) is 16.3 Å². The van der Waals surface area contributed by atoms with E-state index in [9.17, 15) is 0 Å². The van der Waals surface area contributed by atoms with Crippen LogP contribution in [-0.2, 0) is 0 Å². The van der Waals surface area contributed by atoms with Crippen LogP contribution in [0.25, 0.3) is 11.3 Å². The standard InChI is InChI=1S/C16H20N2O/c1-11(2)14-9-10-15(18-17-14)13-7-5-6-8-16(13)19-12(3)4/h5-12H,1-4H3. The zero-order valence-electron chi connectivity index (χ0n) is 11.9. The molecular weight excluding hydrogens is 236 g/mol. The average molecular weight is 256 g/mol. The second-order valence-corrected chi connectivity index (χ2v) is 5.16. The Hall–Kier alpha value is -1.90. The summed E-state index contributed by atoms with van der Waals surface area (Å²) in [5.74, 6) is 1.24. The van der Waals surface area contributed by atoms with Gasteiger partial charge in [-0.2, -0.15) is 10.2 Å². The molecule has 0 saturated heterocycles. The van der Waals surface area contributed by atoms with Gasteiger partial charge < -0.3 is 4.74 Å². The molecule has 2 aromatic rings. The van der Waals surface area contributed by atoms with Gasteiger partial charge in [0.25, 0.3) is 0 Å². The normalized spacial score (nSPS) is 11.1. The lowest BCUT2D eigenvalue weighted by Crippen LogP contribution is -2.06. The van der Waals surface area contributed by atoms with E-state index in [2.05, 4.69) is 24.0 Å². The van der Waals surface area contributed by atoms with Gasteiger partial charge in [0.2, 0.25) is 0 Å². The lowest BCUT2D eigenvalue weighted by molar-refractivity contribution is 0.243. The van der Waals surface area contributed by atoms with Crippen LogP contribution < -0.4 is 4.74 Å². The average Bonchev–Trinajstić information content (AvgIpc) is 2.39. The predicted octanol–water partition coefficient (Wildman–Crippen LogP) is 4.05. The fraction of sp³-hybridized carbons (Fsp3) is 0.375. The van der Waals surface area contributed by atoms with Crippen molar-refractivity contribution in [3.05, 3.63) is 42.1 Å². The van der Waals surface area contributed by atoms with Gasteiger partial charge in [0.1, 0.15) is 5.75 Å². The highest BCUT2D eigenvalue weighted by Crippen LogP contribution is 2.29. The van der Waals surface area contributed by atoms with Crippen molar-refractivity contribution in [3.8, 4) is 17.0 Å². The largest absolute Gasteiger partial charge is 0.490 e. The molecule has 0 N–H and O–H groups in total. The number of benzene rings is 1. The SMILES string of the molecule is CC(C)Oc1ccccc1-c1ccc(C(C)C)nn1. The molecule has 0 aliphatic rings. The number of rotatable bonds is 4. The fourth-order valence-electron chi connectivity index (χ4n) is 1.83. The number of hydrogen-bond donors (Lipinski definition) is 0. The molecule has 0 aliphatic heterocycles. The first-order chi connectivity index (χ1) is 9.08. The van der Waals surface area contributed by atoms with Crippen molar-refractivity contribution in [2.24, 2.45) is 0 Å². The van der Waals surface area contributed by atoms with Gasteiger partial charge in [-0.1, -0.05) is 26.0 Å². The third-order valence-corrected chi connectivity index (χ3v) is 2.80. The van der Waals surface area contributed by atoms with E-state index in [1.165, 1.54) is 0 Å². The molecule has 0 spiro atoms. The molecule has 0 bridgehead atoms. The number of para-hydroxylation sites is 1. The molecule has 0 atom stereocenters. The van der Waals surface area contributed by atoms with Gasteiger partial charge in [0.05, 0.1) is 17.5 Å². The predicted molar refractivity (Wildman–Crippen MR) is 77.3 cm³/mol. The van der Waals surface area contributed by atoms with Crippen LogP contribution in [0.1, 0.15) is 39.3 Å². The first-order valence-electron chi connectivity index (χ1n) is 6.67. The molecule has 19 heavy (non-hydrogen) atoms. The smallest absolute Gasteiger partial charge is 0.129 e. The van der Waals surface area contributed by atoms with Crippen LogP contribution in [0.15, 0.2) is 36.4 Å². The second-order valence-electron chi connectivity index (χ2n) is 5.16. The van der Waals surface area contributed by atoms with E-state index in [1.54, 1.807) is 0 Å². The summed E-state index contributed by atoms with van der Waals surface area (Å²) in [4.78, 5) is 0. The third-order valence-electron chi connectivity index (χ3n) is 2.80. The second kappa shape index (κ2) is 5.83. The number of aromatic nitrogens is 2. The van der Waals surface area contributed by atoms with Crippen molar-refractivity contribution in [1.29, 1.82) is 0 Å². The third kappa shape index (κ3) is 3.31. The Balaban J connectivity index is 2.35. The van der Waals surface area contributed by atoms with Gasteiger partial charge in [0, 0.05) is 5.56 Å². The van der Waals surface area contributed by atoms with Crippen LogP contribution >= 0.6 is 0 Å². The molecule has 1 heterocycles. The van der Waals surface area contributed by atoms with Crippen LogP contribution in [0.5, 0.6) is 5.75 Å². The van der Waals surface area contributed by atoms with Crippen molar-refractivity contribution >= 4 is 0 Å². The molecule has 2 rings (SSSR count). The topological polar surface area (TPSA) is 35.0 Å². The molecular formula is C16H20N2O. The van der Waals surface area contributed by atoms with Crippen molar-refractivity contribution in [1.82, 2.24) is 10.2 Å². The van der Waals surface area contributed by atoms with E-state index in [-0.39, 0.29) is 6.10 Å². The Morgan fingerprint density at radius 2 is 1.63 bits per heavy atom. The molecule has 0 radical (unpaired) electrons. The minimum atomic E-state index is 0.143. The molecule has 0 fully saturated rings. The van der Waals surface area contributed by atoms with E-state index in [0.717, 1.165) is 22.7 Å². The zero-order chi connectivity index (χ0) is 13.8. The lowest BCUT2D eigenvalue weighted by atomic mass is 10.1.